The zero-order valence-corrected chi connectivity index (χ0v) is 15.2. The van der Waals surface area contributed by atoms with Crippen molar-refractivity contribution in [2.24, 2.45) is 4.99 Å². The van der Waals surface area contributed by atoms with Crippen LogP contribution in [0.4, 0.5) is 4.39 Å². The molecular formula is C18H15BrFN3O2. The maximum atomic E-state index is 14.1. The third kappa shape index (κ3) is 3.46. The first-order valence-electron chi connectivity index (χ1n) is 7.51. The summed E-state index contributed by atoms with van der Waals surface area (Å²) in [5.74, 6) is -0.698. The van der Waals surface area contributed by atoms with Crippen molar-refractivity contribution in [2.45, 2.75) is 13.0 Å². The Bertz CT molecular complexity index is 878. The number of methoxy groups -OCH3 is 1. The van der Waals surface area contributed by atoms with E-state index in [0.29, 0.717) is 11.3 Å². The Hall–Kier alpha value is -2.54. The van der Waals surface area contributed by atoms with Crippen molar-refractivity contribution >= 4 is 27.7 Å². The van der Waals surface area contributed by atoms with Crippen molar-refractivity contribution in [3.8, 4) is 0 Å². The summed E-state index contributed by atoms with van der Waals surface area (Å²) in [7, 11) is 1.32. The minimum Gasteiger partial charge on any atom is -0.466 e. The molecule has 1 aliphatic heterocycles. The molecule has 1 aromatic heterocycles. The Labute approximate surface area is 152 Å². The number of hydrogen-bond acceptors (Lipinski definition) is 5. The number of ether oxygens (including phenoxy) is 1. The summed E-state index contributed by atoms with van der Waals surface area (Å²) in [6.45, 7) is 1.73. The molecule has 0 bridgehead atoms. The van der Waals surface area contributed by atoms with Crippen LogP contribution >= 0.6 is 15.9 Å². The number of halogens is 2. The predicted octanol–water partition coefficient (Wildman–Crippen LogP) is 3.52. The summed E-state index contributed by atoms with van der Waals surface area (Å²) in [5.41, 5.74) is 1.82. The second-order valence-electron chi connectivity index (χ2n) is 5.42. The van der Waals surface area contributed by atoms with Crippen LogP contribution in [-0.2, 0) is 9.53 Å². The second kappa shape index (κ2) is 7.14. The molecule has 0 fully saturated rings. The summed E-state index contributed by atoms with van der Waals surface area (Å²) in [6.07, 6.45) is 1.49. The van der Waals surface area contributed by atoms with E-state index in [9.17, 15) is 9.18 Å². The van der Waals surface area contributed by atoms with E-state index in [2.05, 4.69) is 31.2 Å². The highest BCUT2D eigenvalue weighted by Gasteiger charge is 2.31. The molecule has 1 aromatic carbocycles. The molecule has 3 rings (SSSR count). The molecule has 7 heteroatoms. The lowest BCUT2D eigenvalue weighted by Crippen LogP contribution is -2.33. The second-order valence-corrected chi connectivity index (χ2v) is 6.34. The molecular weight excluding hydrogens is 389 g/mol. The van der Waals surface area contributed by atoms with Crippen molar-refractivity contribution in [1.82, 2.24) is 10.3 Å². The van der Waals surface area contributed by atoms with Crippen LogP contribution in [0, 0.1) is 5.82 Å². The van der Waals surface area contributed by atoms with Crippen LogP contribution in [0.3, 0.4) is 0 Å². The van der Waals surface area contributed by atoms with Crippen LogP contribution in [0.25, 0.3) is 0 Å². The number of carbonyl (C=O) groups is 1. The van der Waals surface area contributed by atoms with Crippen molar-refractivity contribution < 1.29 is 13.9 Å². The van der Waals surface area contributed by atoms with Crippen LogP contribution in [0.2, 0.25) is 0 Å². The number of amidine groups is 1. The highest BCUT2D eigenvalue weighted by Crippen LogP contribution is 2.32. The quantitative estimate of drug-likeness (QED) is 0.796. The van der Waals surface area contributed by atoms with Gasteiger partial charge in [0.1, 0.15) is 11.7 Å². The molecule has 0 saturated heterocycles. The van der Waals surface area contributed by atoms with Crippen molar-refractivity contribution in [3.63, 3.8) is 0 Å². The standard InChI is InChI=1S/C18H15BrFN3O2/c1-10-14(18(24)25-2)15(11-5-7-12(19)8-6-11)23-17(22-10)16-13(20)4-3-9-21-16/h3-9,15H,1-2H3,(H,22,23). The SMILES string of the molecule is COC(=O)C1=C(C)NC(c2ncccc2F)=NC1c1ccc(Br)cc1. The monoisotopic (exact) mass is 403 g/mol. The Kier molecular flexibility index (Phi) is 4.94. The highest BCUT2D eigenvalue weighted by atomic mass is 79.9. The Morgan fingerprint density at radius 2 is 2.00 bits per heavy atom. The van der Waals surface area contributed by atoms with Gasteiger partial charge in [-0.15, -0.1) is 0 Å². The Balaban J connectivity index is 2.12. The number of esters is 1. The van der Waals surface area contributed by atoms with Gasteiger partial charge in [0.05, 0.1) is 12.7 Å². The lowest BCUT2D eigenvalue weighted by atomic mass is 9.96. The number of aromatic nitrogens is 1. The lowest BCUT2D eigenvalue weighted by Gasteiger charge is -2.25. The van der Waals surface area contributed by atoms with E-state index in [1.54, 1.807) is 6.92 Å². The minimum atomic E-state index is -0.613. The number of carbonyl (C=O) groups excluding carboxylic acids is 1. The number of pyridine rings is 1. The van der Waals surface area contributed by atoms with E-state index in [0.717, 1.165) is 10.0 Å². The number of benzene rings is 1. The average molecular weight is 404 g/mol. The first-order valence-corrected chi connectivity index (χ1v) is 8.31. The van der Waals surface area contributed by atoms with Gasteiger partial charge < -0.3 is 10.1 Å². The summed E-state index contributed by atoms with van der Waals surface area (Å²) in [4.78, 5) is 20.8. The van der Waals surface area contributed by atoms with E-state index in [-0.39, 0.29) is 11.5 Å². The summed E-state index contributed by atoms with van der Waals surface area (Å²) in [5, 5.41) is 2.97. The normalized spacial score (nSPS) is 17.0. The molecule has 0 radical (unpaired) electrons. The molecule has 1 unspecified atom stereocenters. The fraction of sp³-hybridized carbons (Fsp3) is 0.167. The largest absolute Gasteiger partial charge is 0.466 e. The van der Waals surface area contributed by atoms with E-state index in [4.69, 9.17) is 4.74 Å². The van der Waals surface area contributed by atoms with E-state index in [1.807, 2.05) is 24.3 Å². The van der Waals surface area contributed by atoms with Gasteiger partial charge in [-0.05, 0) is 36.8 Å². The molecule has 128 valence electrons. The fourth-order valence-electron chi connectivity index (χ4n) is 2.62. The lowest BCUT2D eigenvalue weighted by molar-refractivity contribution is -0.136. The number of nitrogens with one attached hydrogen (secondary N) is 1. The van der Waals surface area contributed by atoms with Crippen molar-refractivity contribution in [3.05, 3.63) is 75.4 Å². The smallest absolute Gasteiger partial charge is 0.338 e. The number of hydrogen-bond donors (Lipinski definition) is 1. The molecule has 2 heterocycles. The first-order chi connectivity index (χ1) is 12.0. The van der Waals surface area contributed by atoms with Gasteiger partial charge in [0.2, 0.25) is 0 Å². The zero-order chi connectivity index (χ0) is 18.0. The van der Waals surface area contributed by atoms with Gasteiger partial charge in [0.25, 0.3) is 0 Å². The first kappa shape index (κ1) is 17.3. The summed E-state index contributed by atoms with van der Waals surface area (Å²) in [6, 6.07) is 9.64. The minimum absolute atomic E-state index is 0.105. The van der Waals surface area contributed by atoms with Crippen LogP contribution in [0.1, 0.15) is 24.2 Å². The third-order valence-corrected chi connectivity index (χ3v) is 4.34. The topological polar surface area (TPSA) is 63.6 Å². The zero-order valence-electron chi connectivity index (χ0n) is 13.6. The van der Waals surface area contributed by atoms with Gasteiger partial charge in [-0.25, -0.2) is 14.2 Å². The predicted molar refractivity (Wildman–Crippen MR) is 95.5 cm³/mol. The number of nitrogens with zero attached hydrogens (tertiary/aromatic N) is 2. The third-order valence-electron chi connectivity index (χ3n) is 3.82. The molecule has 1 aliphatic rings. The molecule has 1 atom stereocenters. The van der Waals surface area contributed by atoms with Crippen molar-refractivity contribution in [2.75, 3.05) is 7.11 Å². The number of aliphatic imine (C=N–C) groups is 1. The van der Waals surface area contributed by atoms with Crippen LogP contribution in [-0.4, -0.2) is 23.9 Å². The van der Waals surface area contributed by atoms with Gasteiger partial charge in [0, 0.05) is 16.4 Å². The number of rotatable bonds is 3. The van der Waals surface area contributed by atoms with Gasteiger partial charge in [-0.2, -0.15) is 0 Å². The van der Waals surface area contributed by atoms with Crippen LogP contribution < -0.4 is 5.32 Å². The molecule has 0 aliphatic carbocycles. The fourth-order valence-corrected chi connectivity index (χ4v) is 2.88. The molecule has 2 aromatic rings. The molecule has 25 heavy (non-hydrogen) atoms. The van der Waals surface area contributed by atoms with E-state index >= 15 is 0 Å². The average Bonchev–Trinajstić information content (AvgIpc) is 2.61. The highest BCUT2D eigenvalue weighted by molar-refractivity contribution is 9.10. The maximum Gasteiger partial charge on any atom is 0.338 e. The summed E-state index contributed by atoms with van der Waals surface area (Å²) >= 11 is 3.39. The van der Waals surface area contributed by atoms with E-state index < -0.39 is 17.8 Å². The Morgan fingerprint density at radius 3 is 2.64 bits per heavy atom. The number of allylic oxidation sites excluding steroid dienone is 1. The van der Waals surface area contributed by atoms with Gasteiger partial charge in [-0.3, -0.25) is 4.99 Å². The van der Waals surface area contributed by atoms with Crippen molar-refractivity contribution in [1.29, 1.82) is 0 Å². The maximum absolute atomic E-state index is 14.1. The Morgan fingerprint density at radius 1 is 1.28 bits per heavy atom. The van der Waals surface area contributed by atoms with Gasteiger partial charge >= 0.3 is 5.97 Å². The molecule has 5 nitrogen and oxygen atoms in total. The summed E-state index contributed by atoms with van der Waals surface area (Å²) < 4.78 is 19.9. The van der Waals surface area contributed by atoms with Gasteiger partial charge in [-0.1, -0.05) is 28.1 Å². The molecule has 0 amide bonds. The van der Waals surface area contributed by atoms with Crippen LogP contribution in [0.5, 0.6) is 0 Å². The molecule has 0 saturated carbocycles. The van der Waals surface area contributed by atoms with E-state index in [1.165, 1.54) is 25.4 Å². The molecule has 0 spiro atoms. The van der Waals surface area contributed by atoms with Gasteiger partial charge in [0.15, 0.2) is 11.7 Å². The van der Waals surface area contributed by atoms with Crippen LogP contribution in [0.15, 0.2) is 63.3 Å². The molecule has 1 N–H and O–H groups in total.